The van der Waals surface area contributed by atoms with Gasteiger partial charge >= 0.3 is 0 Å². The largest absolute Gasteiger partial charge is 0.299 e. The first kappa shape index (κ1) is 16.1. The number of hydrogen-bond acceptors (Lipinski definition) is 3. The molecule has 0 spiro atoms. The van der Waals surface area contributed by atoms with Crippen LogP contribution in [0.25, 0.3) is 11.0 Å². The average molecular weight is 341 g/mol. The number of pyridine rings is 2. The molecular weight excluding hydrogens is 322 g/mol. The Morgan fingerprint density at radius 3 is 1.96 bits per heavy atom. The van der Waals surface area contributed by atoms with E-state index in [-0.39, 0.29) is 5.56 Å². The van der Waals surface area contributed by atoms with E-state index in [1.165, 1.54) is 0 Å². The summed E-state index contributed by atoms with van der Waals surface area (Å²) in [6, 6.07) is 27.6. The summed E-state index contributed by atoms with van der Waals surface area (Å²) in [5.41, 5.74) is 2.88. The summed E-state index contributed by atoms with van der Waals surface area (Å²) in [7, 11) is 0. The number of fused-ring (bicyclic) bond motifs is 1. The molecule has 0 aliphatic carbocycles. The topological polar surface area (TPSA) is 38.1 Å². The van der Waals surface area contributed by atoms with E-state index in [2.05, 4.69) is 29.2 Å². The van der Waals surface area contributed by atoms with Crippen molar-refractivity contribution in [1.82, 2.24) is 9.66 Å². The van der Waals surface area contributed by atoms with Crippen molar-refractivity contribution in [2.75, 3.05) is 5.01 Å². The fraction of sp³-hybridized carbons (Fsp3) is 0.0909. The highest BCUT2D eigenvalue weighted by Gasteiger charge is 2.13. The lowest BCUT2D eigenvalue weighted by Crippen LogP contribution is -2.41. The zero-order chi connectivity index (χ0) is 17.8. The number of rotatable bonds is 5. The van der Waals surface area contributed by atoms with E-state index in [1.807, 2.05) is 59.6 Å². The Bertz CT molecular complexity index is 1020. The minimum Gasteiger partial charge on any atom is -0.299 e. The Labute approximate surface area is 151 Å². The fourth-order valence-electron chi connectivity index (χ4n) is 3.11. The second-order valence-electron chi connectivity index (χ2n) is 6.19. The van der Waals surface area contributed by atoms with E-state index in [0.717, 1.165) is 16.5 Å². The number of nitrogens with zero attached hydrogens (tertiary/aromatic N) is 3. The van der Waals surface area contributed by atoms with Crippen LogP contribution >= 0.6 is 0 Å². The molecule has 4 nitrogen and oxygen atoms in total. The lowest BCUT2D eigenvalue weighted by atomic mass is 10.2. The normalized spacial score (nSPS) is 10.8. The van der Waals surface area contributed by atoms with Crippen LogP contribution in [0.1, 0.15) is 11.1 Å². The molecule has 4 rings (SSSR count). The number of aromatic nitrogens is 2. The summed E-state index contributed by atoms with van der Waals surface area (Å²) in [6.07, 6.45) is 1.72. The molecule has 2 aromatic carbocycles. The minimum absolute atomic E-state index is 0.0805. The predicted octanol–water partition coefficient (Wildman–Crippen LogP) is 3.73. The van der Waals surface area contributed by atoms with Crippen molar-refractivity contribution in [1.29, 1.82) is 0 Å². The predicted molar refractivity (Wildman–Crippen MR) is 105 cm³/mol. The summed E-state index contributed by atoms with van der Waals surface area (Å²) in [5.74, 6) is 0. The highest BCUT2D eigenvalue weighted by atomic mass is 16.1. The molecule has 0 unspecified atom stereocenters. The van der Waals surface area contributed by atoms with Gasteiger partial charge in [0, 0.05) is 17.6 Å². The van der Waals surface area contributed by atoms with Crippen molar-refractivity contribution in [3.63, 3.8) is 0 Å². The number of benzene rings is 2. The van der Waals surface area contributed by atoms with Crippen molar-refractivity contribution in [2.45, 2.75) is 13.1 Å². The van der Waals surface area contributed by atoms with Gasteiger partial charge in [-0.15, -0.1) is 0 Å². The van der Waals surface area contributed by atoms with Crippen LogP contribution in [0.2, 0.25) is 0 Å². The Kier molecular flexibility index (Phi) is 4.48. The summed E-state index contributed by atoms with van der Waals surface area (Å²) in [4.78, 5) is 17.2. The van der Waals surface area contributed by atoms with Crippen LogP contribution in [0, 0.1) is 0 Å². The monoisotopic (exact) mass is 341 g/mol. The van der Waals surface area contributed by atoms with Crippen LogP contribution < -0.4 is 10.6 Å². The zero-order valence-corrected chi connectivity index (χ0v) is 14.3. The molecule has 0 N–H and O–H groups in total. The Balaban J connectivity index is 1.82. The molecule has 26 heavy (non-hydrogen) atoms. The Morgan fingerprint density at radius 2 is 1.35 bits per heavy atom. The number of hydrogen-bond donors (Lipinski definition) is 0. The smallest absolute Gasteiger partial charge is 0.270 e. The van der Waals surface area contributed by atoms with Gasteiger partial charge in [0.2, 0.25) is 0 Å². The molecule has 0 saturated heterocycles. The van der Waals surface area contributed by atoms with Crippen LogP contribution in [0.5, 0.6) is 0 Å². The van der Waals surface area contributed by atoms with Gasteiger partial charge in [-0.1, -0.05) is 60.7 Å². The molecule has 128 valence electrons. The summed E-state index contributed by atoms with van der Waals surface area (Å²) >= 11 is 0. The molecule has 0 radical (unpaired) electrons. The van der Waals surface area contributed by atoms with Crippen LogP contribution in [0.3, 0.4) is 0 Å². The van der Waals surface area contributed by atoms with Gasteiger partial charge in [0.25, 0.3) is 5.56 Å². The molecular formula is C22H19N3O. The first-order valence-corrected chi connectivity index (χ1v) is 8.61. The van der Waals surface area contributed by atoms with Crippen LogP contribution in [-0.2, 0) is 13.1 Å². The van der Waals surface area contributed by atoms with Crippen molar-refractivity contribution in [3.05, 3.63) is 113 Å². The molecule has 2 heterocycles. The molecule has 0 fully saturated rings. The van der Waals surface area contributed by atoms with E-state index >= 15 is 0 Å². The first-order valence-electron chi connectivity index (χ1n) is 8.61. The van der Waals surface area contributed by atoms with Gasteiger partial charge in [-0.25, -0.2) is 9.66 Å². The fourth-order valence-corrected chi connectivity index (χ4v) is 3.11. The van der Waals surface area contributed by atoms with E-state index in [1.54, 1.807) is 16.9 Å². The summed E-state index contributed by atoms with van der Waals surface area (Å²) in [5, 5.41) is 2.99. The lowest BCUT2D eigenvalue weighted by Gasteiger charge is -2.27. The minimum atomic E-state index is -0.0805. The van der Waals surface area contributed by atoms with Gasteiger partial charge in [0.05, 0.1) is 13.1 Å². The van der Waals surface area contributed by atoms with Crippen molar-refractivity contribution in [2.24, 2.45) is 0 Å². The van der Waals surface area contributed by atoms with Gasteiger partial charge < -0.3 is 0 Å². The van der Waals surface area contributed by atoms with Crippen molar-refractivity contribution >= 4 is 11.0 Å². The van der Waals surface area contributed by atoms with E-state index in [0.29, 0.717) is 18.7 Å². The highest BCUT2D eigenvalue weighted by molar-refractivity contribution is 5.74. The van der Waals surface area contributed by atoms with Gasteiger partial charge in [0.1, 0.15) is 0 Å². The van der Waals surface area contributed by atoms with Crippen LogP contribution in [0.15, 0.2) is 95.9 Å². The van der Waals surface area contributed by atoms with Crippen molar-refractivity contribution < 1.29 is 0 Å². The Hall–Kier alpha value is -3.40. The molecule has 0 atom stereocenters. The van der Waals surface area contributed by atoms with Gasteiger partial charge in [-0.3, -0.25) is 9.80 Å². The maximum Gasteiger partial charge on any atom is 0.270 e. The molecule has 0 bridgehead atoms. The average Bonchev–Trinajstić information content (AvgIpc) is 2.69. The third-order valence-corrected chi connectivity index (χ3v) is 4.33. The van der Waals surface area contributed by atoms with E-state index in [4.69, 9.17) is 0 Å². The molecule has 0 aliphatic rings. The highest BCUT2D eigenvalue weighted by Crippen LogP contribution is 2.13. The van der Waals surface area contributed by atoms with E-state index < -0.39 is 0 Å². The molecule has 4 heteroatoms. The van der Waals surface area contributed by atoms with Crippen LogP contribution in [-0.4, -0.2) is 9.66 Å². The second-order valence-corrected chi connectivity index (χ2v) is 6.19. The molecule has 0 saturated carbocycles. The van der Waals surface area contributed by atoms with Gasteiger partial charge in [-0.2, -0.15) is 0 Å². The second kappa shape index (κ2) is 7.23. The molecule has 0 amide bonds. The third kappa shape index (κ3) is 3.35. The Morgan fingerprint density at radius 1 is 0.731 bits per heavy atom. The maximum atomic E-state index is 12.7. The zero-order valence-electron chi connectivity index (χ0n) is 14.3. The van der Waals surface area contributed by atoms with Gasteiger partial charge in [0.15, 0.2) is 5.65 Å². The van der Waals surface area contributed by atoms with E-state index in [9.17, 15) is 4.79 Å². The maximum absolute atomic E-state index is 12.7. The van der Waals surface area contributed by atoms with Gasteiger partial charge in [-0.05, 0) is 29.3 Å². The molecule has 2 aromatic heterocycles. The lowest BCUT2D eigenvalue weighted by molar-refractivity contribution is 0.573. The molecule has 0 aliphatic heterocycles. The third-order valence-electron chi connectivity index (χ3n) is 4.33. The van der Waals surface area contributed by atoms with Crippen LogP contribution in [0.4, 0.5) is 0 Å². The molecule has 4 aromatic rings. The first-order chi connectivity index (χ1) is 12.8. The summed E-state index contributed by atoms with van der Waals surface area (Å²) < 4.78 is 1.69. The SMILES string of the molecule is O=c1ccc2cccnc2n1N(Cc1ccccc1)Cc1ccccc1. The quantitative estimate of drug-likeness (QED) is 0.555. The summed E-state index contributed by atoms with van der Waals surface area (Å²) in [6.45, 7) is 1.23. The standard InChI is InChI=1S/C22H19N3O/c26-21-14-13-20-12-7-15-23-22(20)25(21)24(16-18-8-3-1-4-9-18)17-19-10-5-2-6-11-19/h1-15H,16-17H2. The van der Waals surface area contributed by atoms with Crippen molar-refractivity contribution in [3.8, 4) is 0 Å².